The quantitative estimate of drug-likeness (QED) is 0.530. The van der Waals surface area contributed by atoms with Gasteiger partial charge in [-0.1, -0.05) is 17.6 Å². The molecule has 1 aromatic heterocycles. The molecule has 1 heterocycles. The highest BCUT2D eigenvalue weighted by Crippen LogP contribution is 2.19. The summed E-state index contributed by atoms with van der Waals surface area (Å²) in [5.74, 6) is 0.232. The zero-order chi connectivity index (χ0) is 13.2. The second-order valence-corrected chi connectivity index (χ2v) is 4.42. The van der Waals surface area contributed by atoms with Crippen molar-refractivity contribution < 1.29 is 5.11 Å². The van der Waals surface area contributed by atoms with Gasteiger partial charge in [0.1, 0.15) is 13.6 Å². The second kappa shape index (κ2) is 4.61. The Kier molecular flexibility index (Phi) is 2.80. The minimum Gasteiger partial charge on any atom is -0.507 e. The van der Waals surface area contributed by atoms with E-state index >= 15 is 0 Å². The molecule has 2 N–H and O–H groups in total. The summed E-state index contributed by atoms with van der Waals surface area (Å²) >= 11 is 0. The van der Waals surface area contributed by atoms with Crippen LogP contribution in [-0.4, -0.2) is 29.1 Å². The van der Waals surface area contributed by atoms with Crippen molar-refractivity contribution in [2.24, 2.45) is 4.99 Å². The Morgan fingerprint density at radius 2 is 2.11 bits per heavy atom. The molecule has 0 aliphatic heterocycles. The molecule has 0 bridgehead atoms. The lowest BCUT2D eigenvalue weighted by atomic mass is 9.94. The molecule has 0 unspecified atom stereocenters. The van der Waals surface area contributed by atoms with Crippen molar-refractivity contribution in [3.05, 3.63) is 48.3 Å². The number of nitrogens with one attached hydrogen (secondary N) is 1. The van der Waals surface area contributed by atoms with E-state index in [1.165, 1.54) is 0 Å². The molecule has 0 radical (unpaired) electrons. The molecule has 0 saturated heterocycles. The monoisotopic (exact) mass is 249 g/mol. The lowest BCUT2D eigenvalue weighted by Crippen LogP contribution is -2.02. The normalized spacial score (nSPS) is 11.4. The van der Waals surface area contributed by atoms with Crippen LogP contribution >= 0.6 is 0 Å². The first-order chi connectivity index (χ1) is 9.22. The van der Waals surface area contributed by atoms with Crippen molar-refractivity contribution in [3.63, 3.8) is 0 Å². The third kappa shape index (κ3) is 2.35. The van der Waals surface area contributed by atoms with Crippen LogP contribution in [0.15, 0.2) is 47.7 Å². The Morgan fingerprint density at radius 3 is 3.00 bits per heavy atom. The molecule has 0 fully saturated rings. The second-order valence-electron chi connectivity index (χ2n) is 4.42. The minimum absolute atomic E-state index is 0.232. The maximum Gasteiger partial charge on any atom is 0.139 e. The molecule has 92 valence electrons. The summed E-state index contributed by atoms with van der Waals surface area (Å²) in [5.41, 5.74) is 4.46. The number of aromatic amines is 1. The maximum atomic E-state index is 9.74. The molecule has 5 heteroatoms. The topological polar surface area (TPSA) is 61.3 Å². The number of imidazole rings is 1. The summed E-state index contributed by atoms with van der Waals surface area (Å²) in [7, 11) is 1.98. The molecule has 3 aromatic rings. The molecule has 0 saturated carbocycles. The van der Waals surface area contributed by atoms with Crippen LogP contribution in [0.2, 0.25) is 0 Å². The average Bonchev–Trinajstić information content (AvgIpc) is 2.87. The van der Waals surface area contributed by atoms with Crippen LogP contribution in [-0.2, 0) is 0 Å². The average molecular weight is 249 g/mol. The van der Waals surface area contributed by atoms with Crippen molar-refractivity contribution in [2.75, 3.05) is 0 Å². The molecule has 0 aliphatic carbocycles. The Labute approximate surface area is 111 Å². The maximum absolute atomic E-state index is 9.74. The van der Waals surface area contributed by atoms with Crippen LogP contribution in [0.25, 0.3) is 11.0 Å². The van der Waals surface area contributed by atoms with Crippen molar-refractivity contribution in [2.45, 2.75) is 0 Å². The van der Waals surface area contributed by atoms with Crippen LogP contribution < -0.4 is 5.46 Å². The lowest BCUT2D eigenvalue weighted by molar-refractivity contribution is 0.474. The van der Waals surface area contributed by atoms with Crippen molar-refractivity contribution in [3.8, 4) is 5.75 Å². The van der Waals surface area contributed by atoms with E-state index in [0.29, 0.717) is 5.56 Å². The number of phenolic OH excluding ortho intramolecular Hbond substituents is 1. The van der Waals surface area contributed by atoms with Gasteiger partial charge in [0.25, 0.3) is 0 Å². The fraction of sp³-hybridized carbons (Fsp3) is 0. The third-order valence-corrected chi connectivity index (χ3v) is 2.94. The third-order valence-electron chi connectivity index (χ3n) is 2.94. The number of nitrogens with zero attached hydrogens (tertiary/aromatic N) is 2. The van der Waals surface area contributed by atoms with Gasteiger partial charge < -0.3 is 10.1 Å². The molecule has 0 atom stereocenters. The van der Waals surface area contributed by atoms with E-state index in [-0.39, 0.29) is 5.75 Å². The van der Waals surface area contributed by atoms with Gasteiger partial charge in [-0.15, -0.1) is 0 Å². The summed E-state index contributed by atoms with van der Waals surface area (Å²) in [4.78, 5) is 11.6. The van der Waals surface area contributed by atoms with E-state index in [1.807, 2.05) is 38.2 Å². The Hall–Kier alpha value is -2.56. The summed E-state index contributed by atoms with van der Waals surface area (Å²) in [6, 6.07) is 11.2. The van der Waals surface area contributed by atoms with Gasteiger partial charge in [-0.25, -0.2) is 4.98 Å². The zero-order valence-corrected chi connectivity index (χ0v) is 10.5. The smallest absolute Gasteiger partial charge is 0.139 e. The molecule has 4 nitrogen and oxygen atoms in total. The number of hydrogen-bond donors (Lipinski definition) is 2. The zero-order valence-electron chi connectivity index (χ0n) is 10.5. The summed E-state index contributed by atoms with van der Waals surface area (Å²) in [6.45, 7) is 0. The van der Waals surface area contributed by atoms with Crippen LogP contribution in [0, 0.1) is 0 Å². The number of aromatic hydroxyl groups is 1. The van der Waals surface area contributed by atoms with E-state index in [2.05, 4.69) is 15.0 Å². The van der Waals surface area contributed by atoms with E-state index in [1.54, 1.807) is 18.6 Å². The highest BCUT2D eigenvalue weighted by molar-refractivity contribution is 6.32. The van der Waals surface area contributed by atoms with Crippen LogP contribution in [0.1, 0.15) is 5.56 Å². The molecular weight excluding hydrogens is 237 g/mol. The van der Waals surface area contributed by atoms with Gasteiger partial charge in [-0.2, -0.15) is 0 Å². The number of benzene rings is 2. The number of rotatable bonds is 2. The van der Waals surface area contributed by atoms with E-state index in [9.17, 15) is 5.11 Å². The molecular formula is C14H12BN3O. The molecule has 3 rings (SSSR count). The van der Waals surface area contributed by atoms with E-state index in [0.717, 1.165) is 22.2 Å². The van der Waals surface area contributed by atoms with Crippen molar-refractivity contribution in [1.82, 2.24) is 9.97 Å². The van der Waals surface area contributed by atoms with Gasteiger partial charge in [0.15, 0.2) is 0 Å². The molecule has 2 aromatic carbocycles. The fourth-order valence-electron chi connectivity index (χ4n) is 1.92. The van der Waals surface area contributed by atoms with E-state index in [4.69, 9.17) is 0 Å². The standard InChI is InChI=1S/C14H12BN3O/c15-10-1-4-14(19)9(5-10)7-16-11-2-3-12-13(6-11)18-8-17-12/h1-8,19H,15H2,(H,17,18)/b16-7+. The molecule has 0 amide bonds. The number of phenols is 1. The Balaban J connectivity index is 1.95. The summed E-state index contributed by atoms with van der Waals surface area (Å²) in [6.07, 6.45) is 3.32. The minimum atomic E-state index is 0.232. The summed E-state index contributed by atoms with van der Waals surface area (Å²) in [5, 5.41) is 9.74. The van der Waals surface area contributed by atoms with Crippen molar-refractivity contribution >= 4 is 36.2 Å². The van der Waals surface area contributed by atoms with Gasteiger partial charge in [0, 0.05) is 11.8 Å². The summed E-state index contributed by atoms with van der Waals surface area (Å²) < 4.78 is 0. The van der Waals surface area contributed by atoms with Gasteiger partial charge >= 0.3 is 0 Å². The van der Waals surface area contributed by atoms with Crippen LogP contribution in [0.5, 0.6) is 5.75 Å². The molecule has 0 spiro atoms. The first-order valence-corrected chi connectivity index (χ1v) is 5.99. The van der Waals surface area contributed by atoms with Gasteiger partial charge in [0.05, 0.1) is 23.0 Å². The fourth-order valence-corrected chi connectivity index (χ4v) is 1.92. The molecule has 19 heavy (non-hydrogen) atoms. The van der Waals surface area contributed by atoms with Crippen LogP contribution in [0.3, 0.4) is 0 Å². The number of H-pyrrole nitrogens is 1. The number of hydrogen-bond acceptors (Lipinski definition) is 3. The lowest BCUT2D eigenvalue weighted by Gasteiger charge is -2.00. The largest absolute Gasteiger partial charge is 0.507 e. The van der Waals surface area contributed by atoms with Crippen LogP contribution in [0.4, 0.5) is 5.69 Å². The van der Waals surface area contributed by atoms with Gasteiger partial charge in [-0.05, 0) is 24.3 Å². The first-order valence-electron chi connectivity index (χ1n) is 5.99. The SMILES string of the molecule is Bc1ccc(O)c(/C=N/c2ccc3[nH]cnc3c2)c1. The predicted molar refractivity (Wildman–Crippen MR) is 79.6 cm³/mol. The first kappa shape index (κ1) is 11.5. The Morgan fingerprint density at radius 1 is 1.21 bits per heavy atom. The highest BCUT2D eigenvalue weighted by atomic mass is 16.3. The van der Waals surface area contributed by atoms with E-state index < -0.39 is 0 Å². The number of fused-ring (bicyclic) bond motifs is 1. The predicted octanol–water partition coefficient (Wildman–Crippen LogP) is 1.28. The number of aliphatic imine (C=N–C) groups is 1. The highest BCUT2D eigenvalue weighted by Gasteiger charge is 1.99. The van der Waals surface area contributed by atoms with Gasteiger partial charge in [0.2, 0.25) is 0 Å². The molecule has 0 aliphatic rings. The van der Waals surface area contributed by atoms with Crippen molar-refractivity contribution in [1.29, 1.82) is 0 Å². The number of aromatic nitrogens is 2. The van der Waals surface area contributed by atoms with Gasteiger partial charge in [-0.3, -0.25) is 4.99 Å². The Bertz CT molecular complexity index is 764.